The van der Waals surface area contributed by atoms with Crippen molar-refractivity contribution in [2.45, 2.75) is 6.92 Å². The number of hydrogen-bond acceptors (Lipinski definition) is 5. The van der Waals surface area contributed by atoms with E-state index in [-0.39, 0.29) is 6.61 Å². The fraction of sp³-hybridized carbons (Fsp3) is 0.125. The Balaban J connectivity index is 2.05. The largest absolute Gasteiger partial charge is 0.463 e. The number of esters is 1. The molecule has 0 radical (unpaired) electrons. The van der Waals surface area contributed by atoms with E-state index in [1.165, 1.54) is 0 Å². The number of ether oxygens (including phenoxy) is 1. The maximum absolute atomic E-state index is 11.7. The molecule has 2 heterocycles. The van der Waals surface area contributed by atoms with Gasteiger partial charge < -0.3 is 10.1 Å². The Bertz CT molecular complexity index is 684. The molecule has 0 saturated carbocycles. The standard InChI is InChI=1S/C16H15N3O3/c1-2-22-16(21)4-3-15(20)19-13-7-10-18-14(11-13)12-5-8-17-9-6-12/h3-11H,2H2,1H3,(H,18,19,20)/b4-3+. The van der Waals surface area contributed by atoms with Crippen LogP contribution in [0.1, 0.15) is 6.92 Å². The molecule has 0 bridgehead atoms. The van der Waals surface area contributed by atoms with Crippen LogP contribution >= 0.6 is 0 Å². The molecule has 1 N–H and O–H groups in total. The van der Waals surface area contributed by atoms with Gasteiger partial charge in [-0.25, -0.2) is 4.79 Å². The van der Waals surface area contributed by atoms with Gasteiger partial charge in [0.1, 0.15) is 0 Å². The van der Waals surface area contributed by atoms with Crippen LogP contribution in [-0.2, 0) is 14.3 Å². The van der Waals surface area contributed by atoms with Crippen LogP contribution in [-0.4, -0.2) is 28.5 Å². The summed E-state index contributed by atoms with van der Waals surface area (Å²) in [5.74, 6) is -0.968. The third-order valence-electron chi connectivity index (χ3n) is 2.66. The van der Waals surface area contributed by atoms with Gasteiger partial charge in [0.2, 0.25) is 5.91 Å². The third kappa shape index (κ3) is 4.52. The van der Waals surface area contributed by atoms with Crippen LogP contribution in [0.3, 0.4) is 0 Å². The number of amides is 1. The smallest absolute Gasteiger partial charge is 0.330 e. The number of hydrogen-bond donors (Lipinski definition) is 1. The lowest BCUT2D eigenvalue weighted by Crippen LogP contribution is -2.09. The monoisotopic (exact) mass is 297 g/mol. The molecule has 22 heavy (non-hydrogen) atoms. The lowest BCUT2D eigenvalue weighted by atomic mass is 10.1. The summed E-state index contributed by atoms with van der Waals surface area (Å²) in [6.07, 6.45) is 7.16. The van der Waals surface area contributed by atoms with E-state index >= 15 is 0 Å². The number of pyridine rings is 2. The Morgan fingerprint density at radius 3 is 2.68 bits per heavy atom. The Morgan fingerprint density at radius 2 is 1.95 bits per heavy atom. The van der Waals surface area contributed by atoms with Crippen LogP contribution in [0.4, 0.5) is 5.69 Å². The first kappa shape index (κ1) is 15.4. The Hall–Kier alpha value is -3.02. The van der Waals surface area contributed by atoms with E-state index < -0.39 is 11.9 Å². The quantitative estimate of drug-likeness (QED) is 0.676. The van der Waals surface area contributed by atoms with E-state index in [1.807, 2.05) is 12.1 Å². The van der Waals surface area contributed by atoms with Crippen molar-refractivity contribution in [1.29, 1.82) is 0 Å². The molecule has 2 rings (SSSR count). The molecule has 2 aromatic rings. The predicted octanol–water partition coefficient (Wildman–Crippen LogP) is 2.20. The fourth-order valence-electron chi connectivity index (χ4n) is 1.71. The molecule has 0 atom stereocenters. The average Bonchev–Trinajstić information content (AvgIpc) is 2.54. The van der Waals surface area contributed by atoms with E-state index in [2.05, 4.69) is 15.3 Å². The van der Waals surface area contributed by atoms with Gasteiger partial charge in [-0.15, -0.1) is 0 Å². The van der Waals surface area contributed by atoms with Crippen LogP contribution in [0.2, 0.25) is 0 Å². The van der Waals surface area contributed by atoms with E-state index in [9.17, 15) is 9.59 Å². The molecular formula is C16H15N3O3. The molecule has 112 valence electrons. The third-order valence-corrected chi connectivity index (χ3v) is 2.66. The minimum atomic E-state index is -0.551. The molecule has 0 aromatic carbocycles. The van der Waals surface area contributed by atoms with E-state index in [0.717, 1.165) is 23.4 Å². The van der Waals surface area contributed by atoms with E-state index in [0.29, 0.717) is 5.69 Å². The number of aromatic nitrogens is 2. The highest BCUT2D eigenvalue weighted by Gasteiger charge is 2.03. The van der Waals surface area contributed by atoms with Crippen LogP contribution in [0.15, 0.2) is 55.0 Å². The summed E-state index contributed by atoms with van der Waals surface area (Å²) in [4.78, 5) is 31.1. The first-order valence-electron chi connectivity index (χ1n) is 6.71. The van der Waals surface area contributed by atoms with Crippen LogP contribution in [0.25, 0.3) is 11.3 Å². The Labute approximate surface area is 127 Å². The Kier molecular flexibility index (Phi) is 5.37. The molecular weight excluding hydrogens is 282 g/mol. The van der Waals surface area contributed by atoms with Crippen molar-refractivity contribution in [2.75, 3.05) is 11.9 Å². The van der Waals surface area contributed by atoms with Crippen molar-refractivity contribution < 1.29 is 14.3 Å². The summed E-state index contributed by atoms with van der Waals surface area (Å²) >= 11 is 0. The van der Waals surface area contributed by atoms with Crippen molar-refractivity contribution in [1.82, 2.24) is 9.97 Å². The van der Waals surface area contributed by atoms with E-state index in [1.54, 1.807) is 37.6 Å². The second kappa shape index (κ2) is 7.68. The lowest BCUT2D eigenvalue weighted by Gasteiger charge is -2.05. The number of carbonyl (C=O) groups excluding carboxylic acids is 2. The highest BCUT2D eigenvalue weighted by molar-refractivity contribution is 6.02. The molecule has 0 aliphatic heterocycles. The van der Waals surface area contributed by atoms with Gasteiger partial charge in [0, 0.05) is 42.0 Å². The molecule has 1 amide bonds. The van der Waals surface area contributed by atoms with Crippen molar-refractivity contribution in [2.24, 2.45) is 0 Å². The Morgan fingerprint density at radius 1 is 1.18 bits per heavy atom. The molecule has 0 aliphatic rings. The number of anilines is 1. The molecule has 0 saturated heterocycles. The lowest BCUT2D eigenvalue weighted by molar-refractivity contribution is -0.137. The van der Waals surface area contributed by atoms with Gasteiger partial charge >= 0.3 is 5.97 Å². The van der Waals surface area contributed by atoms with Gasteiger partial charge in [-0.2, -0.15) is 0 Å². The minimum absolute atomic E-state index is 0.268. The second-order valence-electron chi connectivity index (χ2n) is 4.24. The first-order chi connectivity index (χ1) is 10.7. The van der Waals surface area contributed by atoms with Gasteiger partial charge in [0.05, 0.1) is 12.3 Å². The molecule has 6 heteroatoms. The highest BCUT2D eigenvalue weighted by atomic mass is 16.5. The van der Waals surface area contributed by atoms with Gasteiger partial charge in [0.25, 0.3) is 0 Å². The maximum Gasteiger partial charge on any atom is 0.330 e. The topological polar surface area (TPSA) is 81.2 Å². The number of rotatable bonds is 5. The zero-order chi connectivity index (χ0) is 15.8. The number of nitrogens with one attached hydrogen (secondary N) is 1. The SMILES string of the molecule is CCOC(=O)/C=C/C(=O)Nc1ccnc(-c2ccncc2)c1. The second-order valence-corrected chi connectivity index (χ2v) is 4.24. The normalized spacial score (nSPS) is 10.4. The van der Waals surface area contributed by atoms with Crippen LogP contribution in [0.5, 0.6) is 0 Å². The van der Waals surface area contributed by atoms with Crippen molar-refractivity contribution in [3.8, 4) is 11.3 Å². The highest BCUT2D eigenvalue weighted by Crippen LogP contribution is 2.19. The fourth-order valence-corrected chi connectivity index (χ4v) is 1.71. The first-order valence-corrected chi connectivity index (χ1v) is 6.71. The van der Waals surface area contributed by atoms with E-state index in [4.69, 9.17) is 4.74 Å². The molecule has 0 spiro atoms. The zero-order valence-corrected chi connectivity index (χ0v) is 12.0. The van der Waals surface area contributed by atoms with Gasteiger partial charge in [0.15, 0.2) is 0 Å². The van der Waals surface area contributed by atoms with Gasteiger partial charge in [-0.1, -0.05) is 0 Å². The van der Waals surface area contributed by atoms with Crippen molar-refractivity contribution in [3.05, 3.63) is 55.0 Å². The predicted molar refractivity (Wildman–Crippen MR) is 81.9 cm³/mol. The molecule has 2 aromatic heterocycles. The summed E-state index contributed by atoms with van der Waals surface area (Å²) in [6.45, 7) is 1.97. The van der Waals surface area contributed by atoms with Crippen LogP contribution < -0.4 is 5.32 Å². The summed E-state index contributed by atoms with van der Waals surface area (Å²) in [5, 5.41) is 2.66. The summed E-state index contributed by atoms with van der Waals surface area (Å²) in [6, 6.07) is 7.06. The average molecular weight is 297 g/mol. The summed E-state index contributed by atoms with van der Waals surface area (Å²) in [5.41, 5.74) is 2.20. The van der Waals surface area contributed by atoms with Crippen molar-refractivity contribution in [3.63, 3.8) is 0 Å². The maximum atomic E-state index is 11.7. The molecule has 0 aliphatic carbocycles. The molecule has 0 fully saturated rings. The minimum Gasteiger partial charge on any atom is -0.463 e. The molecule has 6 nitrogen and oxygen atoms in total. The number of carbonyl (C=O) groups is 2. The zero-order valence-electron chi connectivity index (χ0n) is 12.0. The number of nitrogens with zero attached hydrogens (tertiary/aromatic N) is 2. The van der Waals surface area contributed by atoms with Gasteiger partial charge in [-0.05, 0) is 31.2 Å². The molecule has 0 unspecified atom stereocenters. The van der Waals surface area contributed by atoms with Crippen molar-refractivity contribution >= 4 is 17.6 Å². The van der Waals surface area contributed by atoms with Gasteiger partial charge in [-0.3, -0.25) is 14.8 Å². The summed E-state index contributed by atoms with van der Waals surface area (Å²) < 4.78 is 4.70. The van der Waals surface area contributed by atoms with Crippen LogP contribution in [0, 0.1) is 0 Å². The summed E-state index contributed by atoms with van der Waals surface area (Å²) in [7, 11) is 0.